The first-order chi connectivity index (χ1) is 27.0. The molecule has 1 atom stereocenters. The number of hydrogen-bond acceptors (Lipinski definition) is 8. The minimum Gasteiger partial charge on any atom is -0.367 e. The average Bonchev–Trinajstić information content (AvgIpc) is 3.87. The highest BCUT2D eigenvalue weighted by Gasteiger charge is 2.27. The van der Waals surface area contributed by atoms with Gasteiger partial charge in [-0.2, -0.15) is 0 Å². The van der Waals surface area contributed by atoms with Crippen molar-refractivity contribution >= 4 is 68.9 Å². The molecule has 2 saturated heterocycles. The molecular weight excluding hydrogens is 719 g/mol. The van der Waals surface area contributed by atoms with E-state index < -0.39 is 0 Å². The summed E-state index contributed by atoms with van der Waals surface area (Å²) in [4.78, 5) is 52.5. The molecular formula is C42H42F2N8O4. The zero-order valence-corrected chi connectivity index (χ0v) is 31.0. The number of fused-ring (bicyclic) bond motifs is 2. The number of anilines is 6. The maximum atomic E-state index is 14.6. The third-order valence-electron chi connectivity index (χ3n) is 10.1. The van der Waals surface area contributed by atoms with Crippen LogP contribution in [0.5, 0.6) is 0 Å². The highest BCUT2D eigenvalue weighted by Crippen LogP contribution is 2.33. The van der Waals surface area contributed by atoms with Crippen LogP contribution in [-0.4, -0.2) is 73.8 Å². The monoisotopic (exact) mass is 760 g/mol. The van der Waals surface area contributed by atoms with Gasteiger partial charge in [0.05, 0.1) is 22.5 Å². The Morgan fingerprint density at radius 3 is 1.66 bits per heavy atom. The third kappa shape index (κ3) is 8.33. The van der Waals surface area contributed by atoms with Crippen LogP contribution in [0.4, 0.5) is 42.9 Å². The Kier molecular flexibility index (Phi) is 11.0. The van der Waals surface area contributed by atoms with Crippen LogP contribution < -0.4 is 36.4 Å². The zero-order chi connectivity index (χ0) is 39.3. The molecule has 2 fully saturated rings. The number of carbonyl (C=O) groups is 4. The Bertz CT molecular complexity index is 2130. The summed E-state index contributed by atoms with van der Waals surface area (Å²) in [7, 11) is 0. The largest absolute Gasteiger partial charge is 0.367 e. The Morgan fingerprint density at radius 2 is 1.18 bits per heavy atom. The molecule has 4 amide bonds. The van der Waals surface area contributed by atoms with Crippen molar-refractivity contribution < 1.29 is 28.0 Å². The first kappa shape index (κ1) is 37.6. The number of carbonyl (C=O) groups excluding carboxylic acids is 4. The van der Waals surface area contributed by atoms with Crippen molar-refractivity contribution in [3.8, 4) is 0 Å². The SMILES string of the molecule is CC(=O)N1CCN(c2ccc(NC=C3C(=O)Nc4ccccc43)cc2F)CC1.CC(=O)NC1CCN(c2ccc(NC=C3C(=O)Nc4ccccc43)cc2F)C1. The number of benzene rings is 4. The number of nitrogens with zero attached hydrogens (tertiary/aromatic N) is 3. The lowest BCUT2D eigenvalue weighted by molar-refractivity contribution is -0.129. The van der Waals surface area contributed by atoms with E-state index >= 15 is 0 Å². The summed E-state index contributed by atoms with van der Waals surface area (Å²) in [6, 6.07) is 24.7. The molecule has 12 nitrogen and oxygen atoms in total. The summed E-state index contributed by atoms with van der Waals surface area (Å²) >= 11 is 0. The van der Waals surface area contributed by atoms with E-state index in [1.165, 1.54) is 19.1 Å². The van der Waals surface area contributed by atoms with Gasteiger partial charge in [0.15, 0.2) is 0 Å². The van der Waals surface area contributed by atoms with E-state index in [1.807, 2.05) is 58.3 Å². The van der Waals surface area contributed by atoms with E-state index in [0.29, 0.717) is 73.2 Å². The number of amides is 4. The quantitative estimate of drug-likeness (QED) is 0.148. The second-order valence-electron chi connectivity index (χ2n) is 13.9. The van der Waals surface area contributed by atoms with Crippen LogP contribution in [-0.2, 0) is 19.2 Å². The summed E-state index contributed by atoms with van der Waals surface area (Å²) in [6.07, 6.45) is 3.99. The number of nitrogens with one attached hydrogen (secondary N) is 5. The van der Waals surface area contributed by atoms with Crippen LogP contribution in [0.15, 0.2) is 97.3 Å². The molecule has 0 aromatic heterocycles. The predicted molar refractivity (Wildman–Crippen MR) is 215 cm³/mol. The summed E-state index contributed by atoms with van der Waals surface area (Å²) in [6.45, 7) is 6.70. The van der Waals surface area contributed by atoms with Gasteiger partial charge in [-0.3, -0.25) is 19.2 Å². The molecule has 4 heterocycles. The predicted octanol–water partition coefficient (Wildman–Crippen LogP) is 5.84. The summed E-state index contributed by atoms with van der Waals surface area (Å²) in [5.41, 5.74) is 6.35. The molecule has 4 aromatic carbocycles. The van der Waals surface area contributed by atoms with Gasteiger partial charge in [-0.05, 0) is 55.0 Å². The van der Waals surface area contributed by atoms with Gasteiger partial charge in [-0.1, -0.05) is 36.4 Å². The normalized spacial score (nSPS) is 18.5. The first-order valence-electron chi connectivity index (χ1n) is 18.4. The van der Waals surface area contributed by atoms with Gasteiger partial charge in [0.25, 0.3) is 11.8 Å². The van der Waals surface area contributed by atoms with Gasteiger partial charge >= 0.3 is 0 Å². The molecule has 4 aliphatic heterocycles. The molecule has 0 saturated carbocycles. The molecule has 56 heavy (non-hydrogen) atoms. The van der Waals surface area contributed by atoms with Crippen LogP contribution >= 0.6 is 0 Å². The molecule has 0 aliphatic carbocycles. The molecule has 4 aliphatic rings. The van der Waals surface area contributed by atoms with Gasteiger partial charge in [0.1, 0.15) is 11.6 Å². The number of hydrogen-bond donors (Lipinski definition) is 5. The minimum absolute atomic E-state index is 0.0420. The minimum atomic E-state index is -0.344. The summed E-state index contributed by atoms with van der Waals surface area (Å²) in [5, 5.41) is 14.5. The molecule has 1 unspecified atom stereocenters. The summed E-state index contributed by atoms with van der Waals surface area (Å²) < 4.78 is 29.3. The van der Waals surface area contributed by atoms with Gasteiger partial charge in [0, 0.05) is 105 Å². The molecule has 288 valence electrons. The van der Waals surface area contributed by atoms with Crippen molar-refractivity contribution in [1.82, 2.24) is 10.2 Å². The molecule has 8 rings (SSSR count). The Morgan fingerprint density at radius 1 is 0.679 bits per heavy atom. The van der Waals surface area contributed by atoms with Gasteiger partial charge in [0.2, 0.25) is 11.8 Å². The number of piperazine rings is 1. The number of rotatable bonds is 7. The molecule has 4 aromatic rings. The van der Waals surface area contributed by atoms with Crippen molar-refractivity contribution in [2.24, 2.45) is 0 Å². The van der Waals surface area contributed by atoms with Crippen molar-refractivity contribution in [3.63, 3.8) is 0 Å². The van der Waals surface area contributed by atoms with E-state index in [-0.39, 0.29) is 41.3 Å². The summed E-state index contributed by atoms with van der Waals surface area (Å²) in [5.74, 6) is -1.08. The Hall–Kier alpha value is -6.70. The van der Waals surface area contributed by atoms with Crippen molar-refractivity contribution in [2.45, 2.75) is 26.3 Å². The highest BCUT2D eigenvalue weighted by molar-refractivity contribution is 6.32. The third-order valence-corrected chi connectivity index (χ3v) is 10.1. The molecule has 14 heteroatoms. The van der Waals surface area contributed by atoms with E-state index in [4.69, 9.17) is 0 Å². The van der Waals surface area contributed by atoms with Gasteiger partial charge in [-0.25, -0.2) is 8.78 Å². The van der Waals surface area contributed by atoms with Crippen LogP contribution in [0.25, 0.3) is 11.1 Å². The maximum Gasteiger partial charge on any atom is 0.257 e. The second kappa shape index (κ2) is 16.3. The van der Waals surface area contributed by atoms with Crippen molar-refractivity contribution in [1.29, 1.82) is 0 Å². The standard InChI is InChI=1S/2C21H21FN4O2/c1-14(27)25-8-10-26(11-9-25)20-7-6-15(12-18(20)22)23-13-17-16-4-2-3-5-19(16)24-21(17)28;1-13(27)24-15-8-9-26(12-15)20-7-6-14(10-18(20)22)23-11-17-16-4-2-3-5-19(16)25-21(17)28/h2-7,12-13,23H,8-11H2,1H3,(H,24,28);2-7,10-11,15,23H,8-9,12H2,1H3,(H,24,27)(H,25,28). The molecule has 0 radical (unpaired) electrons. The maximum absolute atomic E-state index is 14.6. The molecule has 0 bridgehead atoms. The van der Waals surface area contributed by atoms with Crippen LogP contribution in [0.3, 0.4) is 0 Å². The van der Waals surface area contributed by atoms with Crippen molar-refractivity contribution in [2.75, 3.05) is 70.3 Å². The van der Waals surface area contributed by atoms with E-state index in [1.54, 1.807) is 48.5 Å². The van der Waals surface area contributed by atoms with E-state index in [2.05, 4.69) is 26.6 Å². The lowest BCUT2D eigenvalue weighted by atomic mass is 10.1. The zero-order valence-electron chi connectivity index (χ0n) is 31.0. The lowest BCUT2D eigenvalue weighted by Crippen LogP contribution is -2.48. The number of halogens is 2. The van der Waals surface area contributed by atoms with Crippen LogP contribution in [0.1, 0.15) is 31.4 Å². The second-order valence-corrected chi connectivity index (χ2v) is 13.9. The smallest absolute Gasteiger partial charge is 0.257 e. The van der Waals surface area contributed by atoms with Gasteiger partial charge < -0.3 is 41.3 Å². The fourth-order valence-corrected chi connectivity index (χ4v) is 7.23. The highest BCUT2D eigenvalue weighted by atomic mass is 19.1. The van der Waals surface area contributed by atoms with E-state index in [0.717, 1.165) is 28.9 Å². The fourth-order valence-electron chi connectivity index (χ4n) is 7.23. The number of para-hydroxylation sites is 2. The lowest BCUT2D eigenvalue weighted by Gasteiger charge is -2.35. The Balaban J connectivity index is 0.000000172. The topological polar surface area (TPSA) is 138 Å². The molecule has 0 spiro atoms. The van der Waals surface area contributed by atoms with E-state index in [9.17, 15) is 28.0 Å². The van der Waals surface area contributed by atoms with Crippen LogP contribution in [0.2, 0.25) is 0 Å². The van der Waals surface area contributed by atoms with Crippen LogP contribution in [0, 0.1) is 11.6 Å². The first-order valence-corrected chi connectivity index (χ1v) is 18.4. The Labute approximate surface area is 323 Å². The van der Waals surface area contributed by atoms with Crippen molar-refractivity contribution in [3.05, 3.63) is 120 Å². The fraction of sp³-hybridized carbons (Fsp3) is 0.238. The average molecular weight is 761 g/mol. The van der Waals surface area contributed by atoms with Gasteiger partial charge in [-0.15, -0.1) is 0 Å². The molecule has 5 N–H and O–H groups in total.